The molecule has 1 amide bonds. The average molecular weight is 554 g/mol. The van der Waals surface area contributed by atoms with Gasteiger partial charge in [0.1, 0.15) is 17.9 Å². The number of hydrogen-bond donors (Lipinski definition) is 4. The number of fused-ring (bicyclic) bond motifs is 1. The fraction of sp³-hybridized carbons (Fsp3) is 0.393. The molecule has 2 aliphatic rings. The van der Waals surface area contributed by atoms with Crippen molar-refractivity contribution in [2.45, 2.75) is 49.6 Å². The molecule has 0 radical (unpaired) electrons. The molecule has 0 unspecified atom stereocenters. The number of amidine groups is 1. The van der Waals surface area contributed by atoms with Crippen LogP contribution < -0.4 is 10.5 Å². The van der Waals surface area contributed by atoms with Crippen molar-refractivity contribution in [1.82, 2.24) is 14.5 Å². The average Bonchev–Trinajstić information content (AvgIpc) is 3.08. The summed E-state index contributed by atoms with van der Waals surface area (Å²) in [4.78, 5) is 29.3. The first-order valence-corrected chi connectivity index (χ1v) is 14.4. The first-order valence-electron chi connectivity index (χ1n) is 12.9. The van der Waals surface area contributed by atoms with Crippen molar-refractivity contribution in [1.29, 1.82) is 5.41 Å². The Hall–Kier alpha value is -3.54. The van der Waals surface area contributed by atoms with Crippen LogP contribution in [-0.4, -0.2) is 79.8 Å². The van der Waals surface area contributed by atoms with Crippen LogP contribution in [0.4, 0.5) is 0 Å². The Bertz CT molecular complexity index is 1420. The fourth-order valence-electron chi connectivity index (χ4n) is 5.06. The van der Waals surface area contributed by atoms with Gasteiger partial charge >= 0.3 is 5.97 Å². The van der Waals surface area contributed by atoms with Crippen molar-refractivity contribution >= 4 is 27.7 Å². The van der Waals surface area contributed by atoms with Gasteiger partial charge in [0.25, 0.3) is 0 Å². The number of nitrogens with one attached hydrogen (secondary N) is 2. The van der Waals surface area contributed by atoms with E-state index in [0.29, 0.717) is 11.1 Å². The second-order valence-corrected chi connectivity index (χ2v) is 12.0. The molecule has 11 heteroatoms. The van der Waals surface area contributed by atoms with E-state index in [1.54, 1.807) is 49.4 Å². The van der Waals surface area contributed by atoms with Gasteiger partial charge in [0.2, 0.25) is 15.9 Å². The topological polar surface area (TPSA) is 157 Å². The molecule has 0 saturated heterocycles. The first-order chi connectivity index (χ1) is 18.4. The van der Waals surface area contributed by atoms with Gasteiger partial charge in [0, 0.05) is 25.2 Å². The highest BCUT2D eigenvalue weighted by molar-refractivity contribution is 7.89. The highest BCUT2D eigenvalue weighted by Crippen LogP contribution is 2.23. The summed E-state index contributed by atoms with van der Waals surface area (Å²) in [6.07, 6.45) is 3.45. The number of nitrogens with zero attached hydrogens (tertiary/aromatic N) is 2. The number of carboxylic acids is 1. The number of carboxylic acid groups (broad SMARTS) is 1. The lowest BCUT2D eigenvalue weighted by molar-refractivity contribution is -0.150. The lowest BCUT2D eigenvalue weighted by Crippen LogP contribution is -2.55. The number of rotatable bonds is 8. The van der Waals surface area contributed by atoms with Gasteiger partial charge in [0.15, 0.2) is 0 Å². The number of nitrogens with two attached hydrogens (primary N) is 1. The SMILES string of the molecule is CC1=CCN(C(=O)[C@H](Cc2cccc(C(=N)N)c2)NS(=O)(=O)c2ccc3c(c2)CCN(C)CC3)[C@@H](C(=O)O)C1. The van der Waals surface area contributed by atoms with Crippen LogP contribution in [0.1, 0.15) is 35.6 Å². The third-order valence-electron chi connectivity index (χ3n) is 7.38. The number of carbonyl (C=O) groups excluding carboxylic acids is 1. The van der Waals surface area contributed by atoms with Gasteiger partial charge < -0.3 is 20.6 Å². The van der Waals surface area contributed by atoms with E-state index >= 15 is 0 Å². The number of carbonyl (C=O) groups is 2. The summed E-state index contributed by atoms with van der Waals surface area (Å²) in [6, 6.07) is 9.36. The van der Waals surface area contributed by atoms with Crippen LogP contribution in [0.3, 0.4) is 0 Å². The summed E-state index contributed by atoms with van der Waals surface area (Å²) in [7, 11) is -2.11. The monoisotopic (exact) mass is 553 g/mol. The van der Waals surface area contributed by atoms with Crippen molar-refractivity contribution in [2.75, 3.05) is 26.7 Å². The van der Waals surface area contributed by atoms with E-state index < -0.39 is 34.0 Å². The van der Waals surface area contributed by atoms with E-state index in [2.05, 4.69) is 9.62 Å². The zero-order valence-corrected chi connectivity index (χ0v) is 23.0. The molecule has 2 atom stereocenters. The van der Waals surface area contributed by atoms with Crippen LogP contribution in [-0.2, 0) is 38.9 Å². The summed E-state index contributed by atoms with van der Waals surface area (Å²) in [6.45, 7) is 3.58. The third kappa shape index (κ3) is 6.73. The Balaban J connectivity index is 1.68. The highest BCUT2D eigenvalue weighted by atomic mass is 32.2. The van der Waals surface area contributed by atoms with Crippen LogP contribution in [0.5, 0.6) is 0 Å². The van der Waals surface area contributed by atoms with E-state index in [1.807, 2.05) is 13.1 Å². The zero-order valence-electron chi connectivity index (χ0n) is 22.2. The van der Waals surface area contributed by atoms with Crippen LogP contribution in [0.2, 0.25) is 0 Å². The van der Waals surface area contributed by atoms with Crippen molar-refractivity contribution in [2.24, 2.45) is 5.73 Å². The molecule has 10 nitrogen and oxygen atoms in total. The number of amides is 1. The fourth-order valence-corrected chi connectivity index (χ4v) is 6.30. The molecule has 5 N–H and O–H groups in total. The van der Waals surface area contributed by atoms with Crippen LogP contribution in [0.15, 0.2) is 59.0 Å². The Morgan fingerprint density at radius 2 is 1.87 bits per heavy atom. The summed E-state index contributed by atoms with van der Waals surface area (Å²) in [5.74, 6) is -1.93. The Kier molecular flexibility index (Phi) is 8.53. The first kappa shape index (κ1) is 28.5. The van der Waals surface area contributed by atoms with Gasteiger partial charge in [-0.15, -0.1) is 0 Å². The maximum Gasteiger partial charge on any atom is 0.326 e. The molecule has 0 fully saturated rings. The van der Waals surface area contributed by atoms with Gasteiger partial charge in [-0.05, 0) is 74.5 Å². The maximum absolute atomic E-state index is 13.8. The maximum atomic E-state index is 13.8. The summed E-state index contributed by atoms with van der Waals surface area (Å²) in [5, 5.41) is 17.5. The number of benzene rings is 2. The minimum atomic E-state index is -4.14. The van der Waals surface area contributed by atoms with Crippen molar-refractivity contribution in [3.8, 4) is 0 Å². The molecule has 2 aromatic carbocycles. The largest absolute Gasteiger partial charge is 0.480 e. The number of aliphatic carboxylic acids is 1. The number of likely N-dealkylation sites (N-methyl/N-ethyl adjacent to an activating group) is 1. The van der Waals surface area contributed by atoms with E-state index in [-0.39, 0.29) is 30.1 Å². The summed E-state index contributed by atoms with van der Waals surface area (Å²) < 4.78 is 29.8. The van der Waals surface area contributed by atoms with Crippen LogP contribution in [0, 0.1) is 5.41 Å². The molecule has 2 aliphatic heterocycles. The second-order valence-electron chi connectivity index (χ2n) is 10.3. The molecule has 4 rings (SSSR count). The molecule has 0 bridgehead atoms. The standard InChI is InChI=1S/C28H35N5O5S/c1-18-8-13-33(25(14-18)28(35)36)27(34)24(16-19-4-3-5-22(15-19)26(29)30)31-39(37,38)23-7-6-20-9-11-32(2)12-10-21(20)17-23/h3-8,15,17,24-25,31H,9-14,16H2,1-2H3,(H3,29,30)(H,35,36)/t24-,25+/m0/s1. The van der Waals surface area contributed by atoms with Crippen LogP contribution in [0.25, 0.3) is 0 Å². The molecule has 208 valence electrons. The van der Waals surface area contributed by atoms with Crippen molar-refractivity contribution in [3.05, 3.63) is 76.4 Å². The number of hydrogen-bond acceptors (Lipinski definition) is 6. The van der Waals surface area contributed by atoms with Gasteiger partial charge in [-0.1, -0.05) is 35.9 Å². The molecule has 2 aromatic rings. The molecular weight excluding hydrogens is 518 g/mol. The lowest BCUT2D eigenvalue weighted by Gasteiger charge is -2.34. The van der Waals surface area contributed by atoms with E-state index in [1.165, 1.54) is 4.90 Å². The van der Waals surface area contributed by atoms with Gasteiger partial charge in [-0.2, -0.15) is 4.72 Å². The molecule has 0 spiro atoms. The molecule has 39 heavy (non-hydrogen) atoms. The smallest absolute Gasteiger partial charge is 0.326 e. The highest BCUT2D eigenvalue weighted by Gasteiger charge is 2.37. The summed E-state index contributed by atoms with van der Waals surface area (Å²) in [5.41, 5.74) is 9.58. The van der Waals surface area contributed by atoms with E-state index in [0.717, 1.165) is 42.6 Å². The normalized spacial score (nSPS) is 19.0. The lowest BCUT2D eigenvalue weighted by atomic mass is 9.98. The predicted molar refractivity (Wildman–Crippen MR) is 148 cm³/mol. The van der Waals surface area contributed by atoms with Gasteiger partial charge in [-0.3, -0.25) is 10.2 Å². The molecule has 0 saturated carbocycles. The number of nitrogen functional groups attached to an aromatic ring is 1. The minimum absolute atomic E-state index is 0.0412. The molecular formula is C28H35N5O5S. The zero-order chi connectivity index (χ0) is 28.3. The quantitative estimate of drug-likeness (QED) is 0.219. The van der Waals surface area contributed by atoms with Gasteiger partial charge in [0.05, 0.1) is 4.90 Å². The van der Waals surface area contributed by atoms with E-state index in [9.17, 15) is 23.1 Å². The number of sulfonamides is 1. The Labute approximate surface area is 229 Å². The summed E-state index contributed by atoms with van der Waals surface area (Å²) >= 11 is 0. The Morgan fingerprint density at radius 1 is 1.15 bits per heavy atom. The Morgan fingerprint density at radius 3 is 2.56 bits per heavy atom. The van der Waals surface area contributed by atoms with Crippen molar-refractivity contribution < 1.29 is 23.1 Å². The predicted octanol–water partition coefficient (Wildman–Crippen LogP) is 1.52. The molecule has 0 aromatic heterocycles. The minimum Gasteiger partial charge on any atom is -0.480 e. The van der Waals surface area contributed by atoms with Crippen LogP contribution >= 0.6 is 0 Å². The van der Waals surface area contributed by atoms with E-state index in [4.69, 9.17) is 11.1 Å². The molecule has 0 aliphatic carbocycles. The third-order valence-corrected chi connectivity index (χ3v) is 8.85. The second kappa shape index (κ2) is 11.7. The van der Waals surface area contributed by atoms with Crippen molar-refractivity contribution in [3.63, 3.8) is 0 Å². The van der Waals surface area contributed by atoms with Gasteiger partial charge in [-0.25, -0.2) is 13.2 Å². The molecule has 2 heterocycles.